The first-order valence-corrected chi connectivity index (χ1v) is 11.3. The molecule has 1 saturated heterocycles. The molecule has 0 aliphatic carbocycles. The maximum absolute atomic E-state index is 13.6. The van der Waals surface area contributed by atoms with Gasteiger partial charge in [0.25, 0.3) is 5.91 Å². The third-order valence-corrected chi connectivity index (χ3v) is 7.10. The second-order valence-electron chi connectivity index (χ2n) is 7.79. The summed E-state index contributed by atoms with van der Waals surface area (Å²) in [5.74, 6) is 0.586. The van der Waals surface area contributed by atoms with E-state index in [4.69, 9.17) is 11.6 Å². The van der Waals surface area contributed by atoms with Gasteiger partial charge in [-0.25, -0.2) is 0 Å². The molecule has 2 aromatic carbocycles. The molecule has 0 spiro atoms. The summed E-state index contributed by atoms with van der Waals surface area (Å²) in [4.78, 5) is 28.4. The number of hydrogen-bond acceptors (Lipinski definition) is 3. The van der Waals surface area contributed by atoms with E-state index in [1.165, 1.54) is 0 Å². The van der Waals surface area contributed by atoms with Crippen LogP contribution in [0.3, 0.4) is 0 Å². The zero-order valence-corrected chi connectivity index (χ0v) is 18.8. The van der Waals surface area contributed by atoms with Crippen LogP contribution in [0.2, 0.25) is 5.02 Å². The van der Waals surface area contributed by atoms with Crippen molar-refractivity contribution in [2.75, 3.05) is 5.75 Å². The van der Waals surface area contributed by atoms with E-state index in [9.17, 15) is 9.59 Å². The molecule has 0 bridgehead atoms. The lowest BCUT2D eigenvalue weighted by molar-refractivity contribution is -0.125. The van der Waals surface area contributed by atoms with Crippen LogP contribution in [0.25, 0.3) is 0 Å². The summed E-state index contributed by atoms with van der Waals surface area (Å²) in [6.07, 6.45) is 0. The fourth-order valence-corrected chi connectivity index (χ4v) is 5.08. The molecule has 1 aliphatic rings. The number of rotatable bonds is 5. The lowest BCUT2D eigenvalue weighted by Crippen LogP contribution is -2.51. The van der Waals surface area contributed by atoms with Crippen molar-refractivity contribution < 1.29 is 9.59 Å². The van der Waals surface area contributed by atoms with Crippen molar-refractivity contribution in [1.82, 2.24) is 10.2 Å². The van der Waals surface area contributed by atoms with Gasteiger partial charge in [-0.1, -0.05) is 61.8 Å². The Kier molecular flexibility index (Phi) is 6.91. The van der Waals surface area contributed by atoms with E-state index >= 15 is 0 Å². The minimum absolute atomic E-state index is 0.0299. The Bertz CT molecular complexity index is 902. The van der Waals surface area contributed by atoms with Gasteiger partial charge in [0.1, 0.15) is 11.4 Å². The normalized spacial score (nSPS) is 20.0. The summed E-state index contributed by atoms with van der Waals surface area (Å²) in [6, 6.07) is 14.5. The molecule has 154 valence electrons. The van der Waals surface area contributed by atoms with Gasteiger partial charge < -0.3 is 10.2 Å². The number of halogens is 1. The smallest absolute Gasteiger partial charge is 0.256 e. The van der Waals surface area contributed by atoms with Gasteiger partial charge in [-0.15, -0.1) is 11.8 Å². The predicted octanol–water partition coefficient (Wildman–Crippen LogP) is 5.07. The van der Waals surface area contributed by atoms with Crippen LogP contribution < -0.4 is 5.32 Å². The minimum atomic E-state index is -0.547. The lowest BCUT2D eigenvalue weighted by Gasteiger charge is -2.31. The average Bonchev–Trinajstić information content (AvgIpc) is 3.13. The molecule has 0 aromatic heterocycles. The fourth-order valence-electron chi connectivity index (χ4n) is 3.31. The van der Waals surface area contributed by atoms with Gasteiger partial charge in [0.2, 0.25) is 5.91 Å². The van der Waals surface area contributed by atoms with Crippen LogP contribution in [-0.4, -0.2) is 34.6 Å². The summed E-state index contributed by atoms with van der Waals surface area (Å²) < 4.78 is 0. The molecule has 0 radical (unpaired) electrons. The maximum Gasteiger partial charge on any atom is 0.256 e. The van der Waals surface area contributed by atoms with Crippen LogP contribution in [0.1, 0.15) is 47.6 Å². The largest absolute Gasteiger partial charge is 0.352 e. The molecule has 1 heterocycles. The van der Waals surface area contributed by atoms with Crippen LogP contribution in [0, 0.1) is 12.8 Å². The van der Waals surface area contributed by atoms with E-state index in [0.717, 1.165) is 11.1 Å². The maximum atomic E-state index is 13.6. The number of thioether (sulfide) groups is 1. The van der Waals surface area contributed by atoms with E-state index in [0.29, 0.717) is 22.3 Å². The van der Waals surface area contributed by atoms with Crippen molar-refractivity contribution in [2.24, 2.45) is 5.92 Å². The molecule has 4 nitrogen and oxygen atoms in total. The average molecular weight is 431 g/mol. The Hall–Kier alpha value is -1.98. The van der Waals surface area contributed by atoms with Gasteiger partial charge in [-0.05, 0) is 37.5 Å². The van der Waals surface area contributed by atoms with Crippen molar-refractivity contribution >= 4 is 35.2 Å². The molecular formula is C23H27ClN2O2S. The van der Waals surface area contributed by atoms with Crippen molar-refractivity contribution in [3.63, 3.8) is 0 Å². The molecule has 1 N–H and O–H groups in total. The molecule has 2 amide bonds. The molecule has 1 aliphatic heterocycles. The number of carbonyl (C=O) groups excluding carboxylic acids is 2. The van der Waals surface area contributed by atoms with Crippen LogP contribution in [0.5, 0.6) is 0 Å². The summed E-state index contributed by atoms with van der Waals surface area (Å²) >= 11 is 8.03. The van der Waals surface area contributed by atoms with Crippen LogP contribution >= 0.6 is 23.4 Å². The molecule has 3 unspecified atom stereocenters. The number of carbonyl (C=O) groups is 2. The Morgan fingerprint density at radius 1 is 1.10 bits per heavy atom. The molecule has 6 heteroatoms. The van der Waals surface area contributed by atoms with Gasteiger partial charge in [0.15, 0.2) is 0 Å². The second-order valence-corrected chi connectivity index (χ2v) is 9.31. The Balaban J connectivity index is 1.98. The Morgan fingerprint density at radius 2 is 1.76 bits per heavy atom. The standard InChI is InChI=1S/C23H27ClN2O2S/c1-14(2)16(4)25-21(27)20-13-29-23(18-11-7-8-12-19(18)24)26(20)22(28)17-10-6-5-9-15(17)3/h5-12,14,16,20,23H,13H2,1-4H3,(H,25,27). The highest BCUT2D eigenvalue weighted by Crippen LogP contribution is 2.44. The first kappa shape index (κ1) is 21.7. The molecule has 3 atom stereocenters. The number of amides is 2. The second kappa shape index (κ2) is 9.23. The van der Waals surface area contributed by atoms with Crippen molar-refractivity contribution in [1.29, 1.82) is 0 Å². The van der Waals surface area contributed by atoms with Crippen molar-refractivity contribution in [3.05, 3.63) is 70.2 Å². The molecule has 2 aromatic rings. The van der Waals surface area contributed by atoms with Gasteiger partial charge in [0, 0.05) is 27.9 Å². The summed E-state index contributed by atoms with van der Waals surface area (Å²) in [5.41, 5.74) is 2.36. The van der Waals surface area contributed by atoms with Crippen molar-refractivity contribution in [2.45, 2.75) is 45.2 Å². The van der Waals surface area contributed by atoms with Crippen LogP contribution in [0.15, 0.2) is 48.5 Å². The number of aryl methyl sites for hydroxylation is 1. The van der Waals surface area contributed by atoms with Crippen LogP contribution in [-0.2, 0) is 4.79 Å². The predicted molar refractivity (Wildman–Crippen MR) is 120 cm³/mol. The lowest BCUT2D eigenvalue weighted by atomic mass is 10.0. The minimum Gasteiger partial charge on any atom is -0.352 e. The first-order valence-electron chi connectivity index (χ1n) is 9.86. The van der Waals surface area contributed by atoms with E-state index in [2.05, 4.69) is 19.2 Å². The van der Waals surface area contributed by atoms with E-state index < -0.39 is 6.04 Å². The van der Waals surface area contributed by atoms with Gasteiger partial charge in [0.05, 0.1) is 0 Å². The first-order chi connectivity index (χ1) is 13.8. The van der Waals surface area contributed by atoms with E-state index in [1.54, 1.807) is 16.7 Å². The van der Waals surface area contributed by atoms with Gasteiger partial charge in [-0.3, -0.25) is 9.59 Å². The highest BCUT2D eigenvalue weighted by atomic mass is 35.5. The summed E-state index contributed by atoms with van der Waals surface area (Å²) in [7, 11) is 0. The Morgan fingerprint density at radius 3 is 2.41 bits per heavy atom. The summed E-state index contributed by atoms with van der Waals surface area (Å²) in [6.45, 7) is 8.04. The molecule has 3 rings (SSSR count). The third kappa shape index (κ3) is 4.62. The van der Waals surface area contributed by atoms with E-state index in [1.807, 2.05) is 62.4 Å². The SMILES string of the molecule is Cc1ccccc1C(=O)N1C(C(=O)NC(C)C(C)C)CSC1c1ccccc1Cl. The molecule has 0 saturated carbocycles. The highest BCUT2D eigenvalue weighted by molar-refractivity contribution is 7.99. The van der Waals surface area contributed by atoms with E-state index in [-0.39, 0.29) is 23.2 Å². The number of hydrogen-bond donors (Lipinski definition) is 1. The molecule has 29 heavy (non-hydrogen) atoms. The van der Waals surface area contributed by atoms with Crippen molar-refractivity contribution in [3.8, 4) is 0 Å². The number of benzene rings is 2. The highest BCUT2D eigenvalue weighted by Gasteiger charge is 2.43. The topological polar surface area (TPSA) is 49.4 Å². The zero-order valence-electron chi connectivity index (χ0n) is 17.2. The number of nitrogens with zero attached hydrogens (tertiary/aromatic N) is 1. The number of nitrogens with one attached hydrogen (secondary N) is 1. The zero-order chi connectivity index (χ0) is 21.1. The monoisotopic (exact) mass is 430 g/mol. The van der Waals surface area contributed by atoms with Crippen LogP contribution in [0.4, 0.5) is 0 Å². The fraction of sp³-hybridized carbons (Fsp3) is 0.391. The summed E-state index contributed by atoms with van der Waals surface area (Å²) in [5, 5.41) is 3.38. The van der Waals surface area contributed by atoms with Gasteiger partial charge >= 0.3 is 0 Å². The van der Waals surface area contributed by atoms with Gasteiger partial charge in [-0.2, -0.15) is 0 Å². The Labute approximate surface area is 182 Å². The molecule has 1 fully saturated rings. The molecular weight excluding hydrogens is 404 g/mol. The third-order valence-electron chi connectivity index (χ3n) is 5.45. The quantitative estimate of drug-likeness (QED) is 0.720.